The van der Waals surface area contributed by atoms with E-state index in [4.69, 9.17) is 16.9 Å². The van der Waals surface area contributed by atoms with Crippen LogP contribution >= 0.6 is 11.8 Å². The monoisotopic (exact) mass is 114 g/mol. The topological polar surface area (TPSA) is 67.3 Å². The van der Waals surface area contributed by atoms with Gasteiger partial charge >= 0.3 is 0 Å². The highest BCUT2D eigenvalue weighted by atomic mass is 35.5. The number of hydrogen-bond acceptors (Lipinski definition) is 3. The first kappa shape index (κ1) is 16.4. The number of rotatable bonds is 0. The van der Waals surface area contributed by atoms with E-state index in [1.54, 1.807) is 7.05 Å². The summed E-state index contributed by atoms with van der Waals surface area (Å²) < 4.78 is 0. The summed E-state index contributed by atoms with van der Waals surface area (Å²) in [5, 5.41) is 7.00. The molecule has 0 aromatic carbocycles. The molecule has 0 saturated heterocycles. The average Bonchev–Trinajstić information content (AvgIpc) is 1.46. The van der Waals surface area contributed by atoms with E-state index in [0.29, 0.717) is 0 Å². The Morgan fingerprint density at radius 3 is 1.50 bits per heavy atom. The minimum absolute atomic E-state index is 0. The molecule has 42 valence electrons. The van der Waals surface area contributed by atoms with Gasteiger partial charge in [0.25, 0.3) is 0 Å². The Bertz CT molecular complexity index is 11.5. The molecule has 0 unspecified atom stereocenters. The van der Waals surface area contributed by atoms with Crippen molar-refractivity contribution in [3.8, 4) is 0 Å². The van der Waals surface area contributed by atoms with E-state index in [1.807, 2.05) is 0 Å². The molecule has 0 radical (unpaired) electrons. The van der Waals surface area contributed by atoms with Gasteiger partial charge < -0.3 is 11.3 Å². The number of aliphatic hydroxyl groups is 1. The van der Waals surface area contributed by atoms with Crippen LogP contribution in [0.4, 0.5) is 0 Å². The molecule has 0 aliphatic carbocycles. The van der Waals surface area contributed by atoms with Gasteiger partial charge in [-0.15, -0.1) is 0 Å². The van der Waals surface area contributed by atoms with Crippen molar-refractivity contribution in [1.82, 2.24) is 11.0 Å². The van der Waals surface area contributed by atoms with E-state index in [2.05, 4.69) is 4.84 Å². The van der Waals surface area contributed by atoms with Crippen LogP contribution < -0.4 is 11.0 Å². The standard InChI is InChI=1S/CH4ClN.CH4O.H3N/c1-3-2;1-2;/h3H,1H3;2H,1H3;1H3. The maximum absolute atomic E-state index is 7.00. The predicted molar refractivity (Wildman–Crippen MR) is 28.1 cm³/mol. The summed E-state index contributed by atoms with van der Waals surface area (Å²) in [7, 11) is 2.64. The smallest absolute Gasteiger partial charge is 0.0319 e. The quantitative estimate of drug-likeness (QED) is 0.392. The van der Waals surface area contributed by atoms with Gasteiger partial charge in [0.15, 0.2) is 0 Å². The summed E-state index contributed by atoms with van der Waals surface area (Å²) in [6.45, 7) is 0. The molecule has 0 atom stereocenters. The van der Waals surface area contributed by atoms with Crippen molar-refractivity contribution < 1.29 is 5.11 Å². The van der Waals surface area contributed by atoms with Crippen LogP contribution in [0.2, 0.25) is 0 Å². The molecule has 0 aromatic rings. The molecule has 0 aliphatic rings. The minimum atomic E-state index is 0. The van der Waals surface area contributed by atoms with Crippen LogP contribution in [-0.2, 0) is 0 Å². The molecule has 0 spiro atoms. The van der Waals surface area contributed by atoms with Gasteiger partial charge in [-0.05, 0) is 18.8 Å². The lowest BCUT2D eigenvalue weighted by Crippen LogP contribution is -1.76. The van der Waals surface area contributed by atoms with E-state index in [9.17, 15) is 0 Å². The zero-order chi connectivity index (χ0) is 4.71. The minimum Gasteiger partial charge on any atom is -0.400 e. The normalized spacial score (nSPS) is 4.00. The third kappa shape index (κ3) is 1450. The molecule has 4 heteroatoms. The summed E-state index contributed by atoms with van der Waals surface area (Å²) in [5.41, 5.74) is 0. The highest BCUT2D eigenvalue weighted by molar-refractivity contribution is 6.13. The molecular weight excluding hydrogens is 103 g/mol. The molecular formula is C2H11ClN2O. The summed E-state index contributed by atoms with van der Waals surface area (Å²) in [6, 6.07) is 0. The van der Waals surface area contributed by atoms with E-state index in [-0.39, 0.29) is 6.15 Å². The Morgan fingerprint density at radius 2 is 1.50 bits per heavy atom. The van der Waals surface area contributed by atoms with Gasteiger partial charge in [-0.3, -0.25) is 0 Å². The first-order valence-corrected chi connectivity index (χ1v) is 1.51. The third-order valence-corrected chi connectivity index (χ3v) is 0. The Kier molecular flexibility index (Phi) is 180. The second kappa shape index (κ2) is 65.7. The molecule has 5 N–H and O–H groups in total. The van der Waals surface area contributed by atoms with Crippen LogP contribution in [0.15, 0.2) is 0 Å². The number of halogens is 1. The van der Waals surface area contributed by atoms with Crippen molar-refractivity contribution in [2.75, 3.05) is 14.2 Å². The fraction of sp³-hybridized carbons (Fsp3) is 1.00. The van der Waals surface area contributed by atoms with Gasteiger partial charge in [0.1, 0.15) is 0 Å². The van der Waals surface area contributed by atoms with E-state index in [1.165, 1.54) is 0 Å². The first-order valence-electron chi connectivity index (χ1n) is 1.14. The van der Waals surface area contributed by atoms with Gasteiger partial charge in [-0.25, -0.2) is 4.84 Å². The average molecular weight is 115 g/mol. The maximum Gasteiger partial charge on any atom is 0.0319 e. The Hall–Kier alpha value is 0.170. The molecule has 0 rings (SSSR count). The van der Waals surface area contributed by atoms with Crippen molar-refractivity contribution in [2.24, 2.45) is 0 Å². The fourth-order valence-corrected chi connectivity index (χ4v) is 0. The second-order valence-electron chi connectivity index (χ2n) is 0.189. The highest BCUT2D eigenvalue weighted by Crippen LogP contribution is 1.38. The summed E-state index contributed by atoms with van der Waals surface area (Å²) in [5.74, 6) is 0. The van der Waals surface area contributed by atoms with Gasteiger partial charge in [0.05, 0.1) is 0 Å². The largest absolute Gasteiger partial charge is 0.400 e. The summed E-state index contributed by atoms with van der Waals surface area (Å²) >= 11 is 4.75. The predicted octanol–water partition coefficient (Wildman–Crippen LogP) is 0.130. The number of hydrogen-bond donors (Lipinski definition) is 3. The van der Waals surface area contributed by atoms with Crippen LogP contribution in [-0.4, -0.2) is 19.3 Å². The van der Waals surface area contributed by atoms with Gasteiger partial charge in [-0.2, -0.15) is 0 Å². The van der Waals surface area contributed by atoms with Crippen molar-refractivity contribution in [2.45, 2.75) is 0 Å². The lowest BCUT2D eigenvalue weighted by atomic mass is 11.6. The fourth-order valence-electron chi connectivity index (χ4n) is 0. The Balaban J connectivity index is -0.0000000275. The second-order valence-corrected chi connectivity index (χ2v) is 0.567. The first-order chi connectivity index (χ1) is 2.41. The molecule has 0 aliphatic heterocycles. The molecule has 6 heavy (non-hydrogen) atoms. The van der Waals surface area contributed by atoms with Crippen molar-refractivity contribution in [3.63, 3.8) is 0 Å². The van der Waals surface area contributed by atoms with Crippen molar-refractivity contribution in [1.29, 1.82) is 0 Å². The van der Waals surface area contributed by atoms with E-state index in [0.717, 1.165) is 7.11 Å². The number of aliphatic hydroxyl groups excluding tert-OH is 1. The molecule has 0 amide bonds. The van der Waals surface area contributed by atoms with Crippen LogP contribution in [0.5, 0.6) is 0 Å². The van der Waals surface area contributed by atoms with Crippen molar-refractivity contribution in [3.05, 3.63) is 0 Å². The number of nitrogens with one attached hydrogen (secondary N) is 1. The highest BCUT2D eigenvalue weighted by Gasteiger charge is 1.29. The molecule has 0 fully saturated rings. The Morgan fingerprint density at radius 1 is 1.50 bits per heavy atom. The van der Waals surface area contributed by atoms with Gasteiger partial charge in [-0.1, -0.05) is 0 Å². The lowest BCUT2D eigenvalue weighted by Gasteiger charge is -1.54. The molecule has 0 aromatic heterocycles. The third-order valence-electron chi connectivity index (χ3n) is 0. The molecule has 0 saturated carbocycles. The van der Waals surface area contributed by atoms with Crippen LogP contribution in [0.1, 0.15) is 0 Å². The summed E-state index contributed by atoms with van der Waals surface area (Å²) in [4.78, 5) is 2.22. The van der Waals surface area contributed by atoms with Crippen molar-refractivity contribution >= 4 is 11.8 Å². The zero-order valence-electron chi connectivity index (χ0n) is 4.03. The molecule has 3 nitrogen and oxygen atoms in total. The van der Waals surface area contributed by atoms with Crippen LogP contribution in [0.3, 0.4) is 0 Å². The summed E-state index contributed by atoms with van der Waals surface area (Å²) in [6.07, 6.45) is 0. The maximum atomic E-state index is 7.00. The van der Waals surface area contributed by atoms with Crippen LogP contribution in [0.25, 0.3) is 0 Å². The lowest BCUT2D eigenvalue weighted by molar-refractivity contribution is 0.399. The molecule has 0 heterocycles. The SMILES string of the molecule is CNCl.CO.N. The van der Waals surface area contributed by atoms with Gasteiger partial charge in [0, 0.05) is 7.11 Å². The van der Waals surface area contributed by atoms with Gasteiger partial charge in [0.2, 0.25) is 0 Å². The van der Waals surface area contributed by atoms with Crippen LogP contribution in [0, 0.1) is 0 Å². The van der Waals surface area contributed by atoms with E-state index >= 15 is 0 Å². The van der Waals surface area contributed by atoms with E-state index < -0.39 is 0 Å². The molecule has 0 bridgehead atoms. The Labute approximate surface area is 43.0 Å². The zero-order valence-corrected chi connectivity index (χ0v) is 4.79.